The van der Waals surface area contributed by atoms with E-state index in [4.69, 9.17) is 0 Å². The molecular formula is C30H22N6O12S4. The lowest BCUT2D eigenvalue weighted by atomic mass is 10.1. The summed E-state index contributed by atoms with van der Waals surface area (Å²) in [6.07, 6.45) is 5.01. The summed E-state index contributed by atoms with van der Waals surface area (Å²) in [5.41, 5.74) is 1.39. The average molecular weight is 787 g/mol. The Hall–Kier alpha value is -5.46. The van der Waals surface area contributed by atoms with Crippen LogP contribution in [0.1, 0.15) is 11.1 Å². The summed E-state index contributed by atoms with van der Waals surface area (Å²) in [5.74, 6) is 0. The van der Waals surface area contributed by atoms with Crippen molar-refractivity contribution in [3.8, 4) is 33.9 Å². The third-order valence-electron chi connectivity index (χ3n) is 7.33. The van der Waals surface area contributed by atoms with Crippen molar-refractivity contribution in [1.29, 1.82) is 0 Å². The Kier molecular flexibility index (Phi) is 9.27. The second-order valence-corrected chi connectivity index (χ2v) is 16.4. The molecule has 52 heavy (non-hydrogen) atoms. The molecule has 0 bridgehead atoms. The summed E-state index contributed by atoms with van der Waals surface area (Å²) in [6, 6.07) is 17.7. The lowest BCUT2D eigenvalue weighted by Crippen LogP contribution is -2.06. The predicted octanol–water partition coefficient (Wildman–Crippen LogP) is 3.34. The Balaban J connectivity index is 1.29. The number of rotatable bonds is 10. The topological polar surface area (TPSA) is 279 Å². The van der Waals surface area contributed by atoms with Crippen LogP contribution in [0, 0.1) is 0 Å². The van der Waals surface area contributed by atoms with Crippen molar-refractivity contribution in [1.82, 2.24) is 30.0 Å². The largest absolute Gasteiger partial charge is 0.295 e. The maximum Gasteiger partial charge on any atom is 0.295 e. The van der Waals surface area contributed by atoms with Crippen molar-refractivity contribution in [2.24, 2.45) is 0 Å². The van der Waals surface area contributed by atoms with E-state index in [1.807, 2.05) is 0 Å². The molecule has 0 unspecified atom stereocenters. The molecule has 4 aromatic carbocycles. The van der Waals surface area contributed by atoms with Gasteiger partial charge in [0.1, 0.15) is 21.2 Å². The first-order valence-corrected chi connectivity index (χ1v) is 20.0. The normalized spacial score (nSPS) is 12.8. The van der Waals surface area contributed by atoms with Crippen LogP contribution in [0.25, 0.3) is 46.0 Å². The number of nitrogens with zero attached hydrogens (tertiary/aromatic N) is 6. The van der Waals surface area contributed by atoms with Crippen molar-refractivity contribution < 1.29 is 51.9 Å². The van der Waals surface area contributed by atoms with E-state index in [9.17, 15) is 51.9 Å². The van der Waals surface area contributed by atoms with Crippen molar-refractivity contribution in [2.75, 3.05) is 0 Å². The molecule has 6 aromatic rings. The van der Waals surface area contributed by atoms with Crippen LogP contribution in [0.2, 0.25) is 0 Å². The van der Waals surface area contributed by atoms with E-state index in [0.717, 1.165) is 46.0 Å². The van der Waals surface area contributed by atoms with Crippen LogP contribution in [0.5, 0.6) is 0 Å². The van der Waals surface area contributed by atoms with Crippen LogP contribution in [0.4, 0.5) is 0 Å². The maximum absolute atomic E-state index is 12.4. The quantitative estimate of drug-likeness (QED) is 0.114. The average Bonchev–Trinajstić information content (AvgIpc) is 3.77. The number of aromatic nitrogens is 6. The fraction of sp³-hybridized carbons (Fsp3) is 0. The Morgan fingerprint density at radius 3 is 1.12 bits per heavy atom. The van der Waals surface area contributed by atoms with Crippen LogP contribution >= 0.6 is 0 Å². The summed E-state index contributed by atoms with van der Waals surface area (Å²) >= 11 is 0. The predicted molar refractivity (Wildman–Crippen MR) is 182 cm³/mol. The molecular weight excluding hydrogens is 765 g/mol. The molecule has 0 spiro atoms. The van der Waals surface area contributed by atoms with E-state index >= 15 is 0 Å². The first-order valence-electron chi connectivity index (χ1n) is 14.2. The summed E-state index contributed by atoms with van der Waals surface area (Å²) in [4.78, 5) is 0.236. The Labute approximate surface area is 295 Å². The molecule has 2 heterocycles. The number of hydrogen-bond donors (Lipinski definition) is 4. The monoisotopic (exact) mass is 786 g/mol. The Morgan fingerprint density at radius 1 is 0.462 bits per heavy atom. The molecule has 0 aliphatic heterocycles. The zero-order valence-corrected chi connectivity index (χ0v) is 29.0. The van der Waals surface area contributed by atoms with Gasteiger partial charge in [0.25, 0.3) is 40.5 Å². The molecule has 268 valence electrons. The van der Waals surface area contributed by atoms with Crippen LogP contribution in [-0.2, 0) is 40.5 Å². The summed E-state index contributed by atoms with van der Waals surface area (Å²) < 4.78 is 133. The molecule has 0 aliphatic carbocycles. The first-order chi connectivity index (χ1) is 24.3. The van der Waals surface area contributed by atoms with Crippen molar-refractivity contribution in [3.63, 3.8) is 0 Å². The van der Waals surface area contributed by atoms with E-state index in [0.29, 0.717) is 11.1 Å². The van der Waals surface area contributed by atoms with Crippen LogP contribution in [0.3, 0.4) is 0 Å². The minimum absolute atomic E-state index is 0.0804. The standard InChI is InChI=1S/C30H22N6O12S4/c37-49(38,39)25-11-5-19(6-12-25)27-17-31-35(33-27)23-9-3-21(29(15-23)51(43,44)45)1-2-22-4-10-24(16-30(22)52(46,47)48)36-32-18-28(34-36)20-7-13-26(14-8-20)50(40,41)42/h1-18H,(H,37,38,39)(H,40,41,42)(H,43,44,45)(H,46,47,48)/b2-1+. The molecule has 18 nitrogen and oxygen atoms in total. The molecule has 22 heteroatoms. The van der Waals surface area contributed by atoms with Gasteiger partial charge in [0.05, 0.1) is 33.6 Å². The van der Waals surface area contributed by atoms with E-state index in [1.165, 1.54) is 73.1 Å². The molecule has 0 aliphatic rings. The highest BCUT2D eigenvalue weighted by atomic mass is 32.2. The van der Waals surface area contributed by atoms with Gasteiger partial charge in [-0.05, 0) is 59.7 Å². The number of hydrogen-bond acceptors (Lipinski definition) is 12. The van der Waals surface area contributed by atoms with Crippen LogP contribution < -0.4 is 0 Å². The van der Waals surface area contributed by atoms with Crippen molar-refractivity contribution >= 4 is 52.6 Å². The molecule has 0 amide bonds. The molecule has 0 saturated heterocycles. The Morgan fingerprint density at radius 2 is 0.808 bits per heavy atom. The molecule has 0 atom stereocenters. The van der Waals surface area contributed by atoms with Gasteiger partial charge in [-0.15, -0.1) is 10.2 Å². The summed E-state index contributed by atoms with van der Waals surface area (Å²) in [5, 5.41) is 16.7. The van der Waals surface area contributed by atoms with Gasteiger partial charge in [0.15, 0.2) is 0 Å². The lowest BCUT2D eigenvalue weighted by Gasteiger charge is -2.08. The number of benzene rings is 4. The molecule has 0 radical (unpaired) electrons. The third kappa shape index (κ3) is 7.88. The molecule has 0 saturated carbocycles. The van der Waals surface area contributed by atoms with Gasteiger partial charge in [0, 0.05) is 11.1 Å². The van der Waals surface area contributed by atoms with E-state index in [2.05, 4.69) is 20.4 Å². The fourth-order valence-electron chi connectivity index (χ4n) is 4.83. The van der Waals surface area contributed by atoms with Gasteiger partial charge in [0.2, 0.25) is 0 Å². The van der Waals surface area contributed by atoms with Gasteiger partial charge in [-0.25, -0.2) is 0 Å². The van der Waals surface area contributed by atoms with Gasteiger partial charge < -0.3 is 0 Å². The Bertz CT molecular complexity index is 2640. The second kappa shape index (κ2) is 13.3. The first kappa shape index (κ1) is 36.3. The zero-order valence-electron chi connectivity index (χ0n) is 25.8. The summed E-state index contributed by atoms with van der Waals surface area (Å²) in [6.45, 7) is 0. The minimum atomic E-state index is -4.87. The van der Waals surface area contributed by atoms with E-state index in [1.54, 1.807) is 0 Å². The minimum Gasteiger partial charge on any atom is -0.282 e. The van der Waals surface area contributed by atoms with Crippen LogP contribution in [0.15, 0.2) is 117 Å². The zero-order chi connectivity index (χ0) is 37.6. The van der Waals surface area contributed by atoms with Crippen molar-refractivity contribution in [3.05, 3.63) is 108 Å². The summed E-state index contributed by atoms with van der Waals surface area (Å²) in [7, 11) is -18.6. The molecule has 6 rings (SSSR count). The lowest BCUT2D eigenvalue weighted by molar-refractivity contribution is 0.480. The molecule has 0 fully saturated rings. The maximum atomic E-state index is 12.4. The van der Waals surface area contributed by atoms with Gasteiger partial charge in [-0.1, -0.05) is 48.6 Å². The van der Waals surface area contributed by atoms with Gasteiger partial charge in [-0.3, -0.25) is 18.2 Å². The highest BCUT2D eigenvalue weighted by Gasteiger charge is 2.20. The SMILES string of the molecule is O=S(=O)(O)c1ccc(-c2cnn(-c3ccc(/C=C/c4ccc(-n5ncc(-c6ccc(S(=O)(=O)O)cc6)n5)cc4S(=O)(=O)O)c(S(=O)(=O)O)c3)n2)cc1. The third-order valence-corrected chi connectivity index (χ3v) is 10.9. The highest BCUT2D eigenvalue weighted by Crippen LogP contribution is 2.27. The fourth-order valence-corrected chi connectivity index (χ4v) is 7.20. The molecule has 4 N–H and O–H groups in total. The smallest absolute Gasteiger partial charge is 0.282 e. The second-order valence-electron chi connectivity index (χ2n) is 10.8. The van der Waals surface area contributed by atoms with Crippen molar-refractivity contribution in [2.45, 2.75) is 19.6 Å². The van der Waals surface area contributed by atoms with Crippen LogP contribution in [-0.4, -0.2) is 81.9 Å². The van der Waals surface area contributed by atoms with E-state index < -0.39 is 50.3 Å². The van der Waals surface area contributed by atoms with Gasteiger partial charge >= 0.3 is 0 Å². The molecule has 2 aromatic heterocycles. The van der Waals surface area contributed by atoms with Gasteiger partial charge in [-0.2, -0.15) is 53.5 Å². The van der Waals surface area contributed by atoms with E-state index in [-0.39, 0.29) is 43.7 Å². The highest BCUT2D eigenvalue weighted by molar-refractivity contribution is 7.86.